The Kier molecular flexibility index (Phi) is 5.03. The number of rotatable bonds is 6. The Labute approximate surface area is 147 Å². The standard InChI is InChI=1S/C14H16N6O4S/c1-23-9-3-4-11(24-2)10(7-9)20-14(16-17-18-20)25-8-12(21)19-6-5-15-13(19)22/h3-4,7H,5-6,8H2,1-2H3,(H,15,22). The highest BCUT2D eigenvalue weighted by molar-refractivity contribution is 7.99. The number of imide groups is 1. The first kappa shape index (κ1) is 17.0. The van der Waals surface area contributed by atoms with E-state index < -0.39 is 0 Å². The lowest BCUT2D eigenvalue weighted by Gasteiger charge is -2.12. The first-order valence-electron chi connectivity index (χ1n) is 7.36. The van der Waals surface area contributed by atoms with Gasteiger partial charge in [-0.15, -0.1) is 5.10 Å². The molecule has 25 heavy (non-hydrogen) atoms. The molecule has 1 aliphatic rings. The highest BCUT2D eigenvalue weighted by Gasteiger charge is 2.26. The molecular weight excluding hydrogens is 348 g/mol. The maximum atomic E-state index is 12.1. The van der Waals surface area contributed by atoms with Gasteiger partial charge in [0.2, 0.25) is 11.1 Å². The summed E-state index contributed by atoms with van der Waals surface area (Å²) in [5.41, 5.74) is 0.584. The number of aromatic nitrogens is 4. The predicted molar refractivity (Wildman–Crippen MR) is 88.1 cm³/mol. The summed E-state index contributed by atoms with van der Waals surface area (Å²) < 4.78 is 12.0. The maximum Gasteiger partial charge on any atom is 0.324 e. The van der Waals surface area contributed by atoms with Crippen molar-refractivity contribution in [3.8, 4) is 17.2 Å². The van der Waals surface area contributed by atoms with Crippen molar-refractivity contribution in [2.24, 2.45) is 0 Å². The van der Waals surface area contributed by atoms with Crippen LogP contribution in [0.25, 0.3) is 5.69 Å². The van der Waals surface area contributed by atoms with Gasteiger partial charge in [0.1, 0.15) is 17.2 Å². The molecule has 1 aromatic carbocycles. The van der Waals surface area contributed by atoms with Crippen LogP contribution in [0.5, 0.6) is 11.5 Å². The molecule has 0 bridgehead atoms. The molecule has 1 aromatic heterocycles. The van der Waals surface area contributed by atoms with Crippen molar-refractivity contribution in [1.29, 1.82) is 0 Å². The molecule has 132 valence electrons. The third-order valence-corrected chi connectivity index (χ3v) is 4.44. The molecule has 0 aliphatic carbocycles. The predicted octanol–water partition coefficient (Wildman–Crippen LogP) is 0.323. The molecule has 2 heterocycles. The van der Waals surface area contributed by atoms with Gasteiger partial charge in [-0.2, -0.15) is 4.68 Å². The number of urea groups is 1. The average Bonchev–Trinajstić information content (AvgIpc) is 3.27. The van der Waals surface area contributed by atoms with Crippen molar-refractivity contribution in [2.75, 3.05) is 33.1 Å². The highest BCUT2D eigenvalue weighted by Crippen LogP contribution is 2.29. The van der Waals surface area contributed by atoms with Crippen molar-refractivity contribution < 1.29 is 19.1 Å². The topological polar surface area (TPSA) is 111 Å². The number of thioether (sulfide) groups is 1. The number of hydrogen-bond acceptors (Lipinski definition) is 8. The number of methoxy groups -OCH3 is 2. The molecule has 3 rings (SSSR count). The molecule has 0 radical (unpaired) electrons. The maximum absolute atomic E-state index is 12.1. The van der Waals surface area contributed by atoms with Gasteiger partial charge in [-0.05, 0) is 22.6 Å². The zero-order chi connectivity index (χ0) is 17.8. The van der Waals surface area contributed by atoms with Crippen LogP contribution in [-0.2, 0) is 4.79 Å². The fourth-order valence-electron chi connectivity index (χ4n) is 2.30. The van der Waals surface area contributed by atoms with Gasteiger partial charge in [0.15, 0.2) is 0 Å². The van der Waals surface area contributed by atoms with E-state index in [1.807, 2.05) is 0 Å². The van der Waals surface area contributed by atoms with Crippen LogP contribution in [0, 0.1) is 0 Å². The quantitative estimate of drug-likeness (QED) is 0.730. The third kappa shape index (κ3) is 3.50. The van der Waals surface area contributed by atoms with Crippen LogP contribution in [0.2, 0.25) is 0 Å². The Morgan fingerprint density at radius 3 is 2.88 bits per heavy atom. The van der Waals surface area contributed by atoms with Crippen molar-refractivity contribution in [3.63, 3.8) is 0 Å². The zero-order valence-corrected chi connectivity index (χ0v) is 14.4. The van der Waals surface area contributed by atoms with Crippen molar-refractivity contribution >= 4 is 23.7 Å². The third-order valence-electron chi connectivity index (χ3n) is 3.54. The number of tetrazole rings is 1. The number of amides is 3. The second-order valence-electron chi connectivity index (χ2n) is 4.98. The molecule has 0 saturated carbocycles. The second-order valence-corrected chi connectivity index (χ2v) is 5.92. The largest absolute Gasteiger partial charge is 0.497 e. The molecule has 1 saturated heterocycles. The summed E-state index contributed by atoms with van der Waals surface area (Å²) in [6, 6.07) is 4.85. The Morgan fingerprint density at radius 2 is 2.20 bits per heavy atom. The van der Waals surface area contributed by atoms with Gasteiger partial charge in [-0.3, -0.25) is 9.69 Å². The second kappa shape index (κ2) is 7.38. The average molecular weight is 364 g/mol. The van der Waals surface area contributed by atoms with Gasteiger partial charge in [0.05, 0.1) is 20.0 Å². The van der Waals surface area contributed by atoms with E-state index in [2.05, 4.69) is 20.8 Å². The number of nitrogens with zero attached hydrogens (tertiary/aromatic N) is 5. The van der Waals surface area contributed by atoms with Gasteiger partial charge in [0, 0.05) is 19.2 Å². The minimum absolute atomic E-state index is 0.0417. The fourth-order valence-corrected chi connectivity index (χ4v) is 3.06. The first-order chi connectivity index (χ1) is 12.1. The summed E-state index contributed by atoms with van der Waals surface area (Å²) >= 11 is 1.14. The Bertz CT molecular complexity index is 795. The van der Waals surface area contributed by atoms with Crippen LogP contribution >= 0.6 is 11.8 Å². The molecule has 1 aliphatic heterocycles. The SMILES string of the molecule is COc1ccc(OC)c(-n2nnnc2SCC(=O)N2CCNC2=O)c1. The molecule has 2 aromatic rings. The van der Waals surface area contributed by atoms with Gasteiger partial charge in [-0.1, -0.05) is 11.8 Å². The van der Waals surface area contributed by atoms with Crippen LogP contribution in [0.4, 0.5) is 4.79 Å². The van der Waals surface area contributed by atoms with Gasteiger partial charge >= 0.3 is 6.03 Å². The van der Waals surface area contributed by atoms with E-state index in [0.717, 1.165) is 11.8 Å². The van der Waals surface area contributed by atoms with Gasteiger partial charge in [-0.25, -0.2) is 4.79 Å². The minimum atomic E-state index is -0.375. The van der Waals surface area contributed by atoms with E-state index in [0.29, 0.717) is 35.4 Å². The molecular formula is C14H16N6O4S. The van der Waals surface area contributed by atoms with E-state index in [1.165, 1.54) is 16.7 Å². The van der Waals surface area contributed by atoms with E-state index in [1.54, 1.807) is 25.3 Å². The summed E-state index contributed by atoms with van der Waals surface area (Å²) in [4.78, 5) is 24.8. The molecule has 11 heteroatoms. The molecule has 10 nitrogen and oxygen atoms in total. The number of nitrogens with one attached hydrogen (secondary N) is 1. The number of carbonyl (C=O) groups is 2. The summed E-state index contributed by atoms with van der Waals surface area (Å²) in [7, 11) is 3.10. The van der Waals surface area contributed by atoms with E-state index in [-0.39, 0.29) is 17.7 Å². The molecule has 0 atom stereocenters. The first-order valence-corrected chi connectivity index (χ1v) is 8.34. The van der Waals surface area contributed by atoms with Gasteiger partial charge < -0.3 is 14.8 Å². The van der Waals surface area contributed by atoms with Crippen LogP contribution in [0.3, 0.4) is 0 Å². The lowest BCUT2D eigenvalue weighted by Crippen LogP contribution is -2.35. The Hall–Kier alpha value is -2.82. The van der Waals surface area contributed by atoms with Crippen molar-refractivity contribution in [1.82, 2.24) is 30.4 Å². The van der Waals surface area contributed by atoms with Crippen LogP contribution < -0.4 is 14.8 Å². The molecule has 1 N–H and O–H groups in total. The Morgan fingerprint density at radius 1 is 1.36 bits per heavy atom. The summed E-state index contributed by atoms with van der Waals surface area (Å²) in [6.45, 7) is 0.834. The number of benzene rings is 1. The molecule has 0 spiro atoms. The van der Waals surface area contributed by atoms with Crippen LogP contribution in [0.15, 0.2) is 23.4 Å². The lowest BCUT2D eigenvalue weighted by atomic mass is 10.3. The van der Waals surface area contributed by atoms with Crippen LogP contribution in [0.1, 0.15) is 0 Å². The monoisotopic (exact) mass is 364 g/mol. The lowest BCUT2D eigenvalue weighted by molar-refractivity contribution is -0.124. The van der Waals surface area contributed by atoms with Crippen molar-refractivity contribution in [2.45, 2.75) is 5.16 Å². The van der Waals surface area contributed by atoms with Crippen LogP contribution in [-0.4, -0.2) is 70.1 Å². The van der Waals surface area contributed by atoms with Crippen molar-refractivity contribution in [3.05, 3.63) is 18.2 Å². The molecule has 1 fully saturated rings. The van der Waals surface area contributed by atoms with E-state index >= 15 is 0 Å². The molecule has 0 unspecified atom stereocenters. The fraction of sp³-hybridized carbons (Fsp3) is 0.357. The normalized spacial score (nSPS) is 13.7. The Balaban J connectivity index is 1.79. The highest BCUT2D eigenvalue weighted by atomic mass is 32.2. The number of ether oxygens (including phenoxy) is 2. The zero-order valence-electron chi connectivity index (χ0n) is 13.6. The van der Waals surface area contributed by atoms with E-state index in [4.69, 9.17) is 9.47 Å². The summed E-state index contributed by atoms with van der Waals surface area (Å²) in [5, 5.41) is 14.5. The molecule has 3 amide bonds. The van der Waals surface area contributed by atoms with Gasteiger partial charge in [0.25, 0.3) is 0 Å². The summed E-state index contributed by atoms with van der Waals surface area (Å²) in [6.07, 6.45) is 0. The minimum Gasteiger partial charge on any atom is -0.497 e. The number of hydrogen-bond donors (Lipinski definition) is 1. The number of carbonyl (C=O) groups excluding carboxylic acids is 2. The summed E-state index contributed by atoms with van der Waals surface area (Å²) in [5.74, 6) is 0.916. The van der Waals surface area contributed by atoms with E-state index in [9.17, 15) is 9.59 Å². The smallest absolute Gasteiger partial charge is 0.324 e.